The zero-order valence-electron chi connectivity index (χ0n) is 4.46. The second-order valence-corrected chi connectivity index (χ2v) is 4.32. The van der Waals surface area contributed by atoms with Crippen LogP contribution in [0, 0.1) is 0 Å². The molecular formula is C5H8BrCl. The van der Waals surface area contributed by atoms with Crippen LogP contribution in [-0.2, 0) is 0 Å². The number of hydrogen-bond acceptors (Lipinski definition) is 0. The molecule has 0 nitrogen and oxygen atoms in total. The van der Waals surface area contributed by atoms with E-state index in [1.54, 1.807) is 0 Å². The molecule has 0 fully saturated rings. The first-order valence-electron chi connectivity index (χ1n) is 1.98. The highest BCUT2D eigenvalue weighted by atomic mass is 79.9. The van der Waals surface area contributed by atoms with Gasteiger partial charge in [-0.2, -0.15) is 0 Å². The summed E-state index contributed by atoms with van der Waals surface area (Å²) in [5, 5.41) is 0.632. The van der Waals surface area contributed by atoms with Gasteiger partial charge in [0.25, 0.3) is 0 Å². The van der Waals surface area contributed by atoms with Crippen LogP contribution in [0.1, 0.15) is 13.8 Å². The molecule has 0 spiro atoms. The SMILES string of the molecule is C=C(Cl)C(C)(C)Br. The Bertz CT molecular complexity index is 80.6. The van der Waals surface area contributed by atoms with Crippen molar-refractivity contribution in [1.29, 1.82) is 0 Å². The summed E-state index contributed by atoms with van der Waals surface area (Å²) < 4.78 is -0.117. The molecule has 0 saturated carbocycles. The van der Waals surface area contributed by atoms with Crippen LogP contribution in [0.4, 0.5) is 0 Å². The molecule has 0 atom stereocenters. The zero-order chi connectivity index (χ0) is 6.08. The summed E-state index contributed by atoms with van der Waals surface area (Å²) in [7, 11) is 0. The Labute approximate surface area is 57.7 Å². The highest BCUT2D eigenvalue weighted by Gasteiger charge is 2.13. The van der Waals surface area contributed by atoms with Crippen LogP contribution in [0.15, 0.2) is 11.6 Å². The van der Waals surface area contributed by atoms with E-state index in [1.165, 1.54) is 0 Å². The Kier molecular flexibility index (Phi) is 2.34. The molecule has 0 aromatic rings. The normalized spacial score (nSPS) is 11.4. The van der Waals surface area contributed by atoms with Crippen LogP contribution in [0.5, 0.6) is 0 Å². The van der Waals surface area contributed by atoms with E-state index in [2.05, 4.69) is 22.5 Å². The van der Waals surface area contributed by atoms with E-state index in [1.807, 2.05) is 13.8 Å². The maximum Gasteiger partial charge on any atom is 0.0550 e. The van der Waals surface area contributed by atoms with Crippen LogP contribution in [-0.4, -0.2) is 4.32 Å². The number of halogens is 2. The minimum atomic E-state index is -0.117. The van der Waals surface area contributed by atoms with Crippen molar-refractivity contribution >= 4 is 27.5 Å². The molecule has 7 heavy (non-hydrogen) atoms. The Morgan fingerprint density at radius 2 is 1.86 bits per heavy atom. The van der Waals surface area contributed by atoms with Crippen molar-refractivity contribution < 1.29 is 0 Å². The minimum absolute atomic E-state index is 0.117. The summed E-state index contributed by atoms with van der Waals surface area (Å²) in [6.07, 6.45) is 0. The van der Waals surface area contributed by atoms with Gasteiger partial charge in [-0.15, -0.1) is 0 Å². The smallest absolute Gasteiger partial charge is 0.0550 e. The lowest BCUT2D eigenvalue weighted by molar-refractivity contribution is 0.905. The Hall–Kier alpha value is 0.510. The Morgan fingerprint density at radius 1 is 1.71 bits per heavy atom. The predicted octanol–water partition coefficient (Wildman–Crippen LogP) is 2.91. The topological polar surface area (TPSA) is 0 Å². The molecule has 2 heteroatoms. The fraction of sp³-hybridized carbons (Fsp3) is 0.600. The summed E-state index contributed by atoms with van der Waals surface area (Å²) >= 11 is 8.82. The third kappa shape index (κ3) is 3.12. The molecule has 0 aliphatic carbocycles. The lowest BCUT2D eigenvalue weighted by atomic mass is 10.2. The molecule has 0 amide bonds. The van der Waals surface area contributed by atoms with E-state index in [4.69, 9.17) is 11.6 Å². The molecule has 0 radical (unpaired) electrons. The maximum absolute atomic E-state index is 5.51. The molecule has 0 aliphatic rings. The average molecular weight is 183 g/mol. The van der Waals surface area contributed by atoms with Crippen LogP contribution >= 0.6 is 27.5 Å². The minimum Gasteiger partial charge on any atom is -0.0883 e. The highest BCUT2D eigenvalue weighted by Crippen LogP contribution is 2.26. The second-order valence-electron chi connectivity index (χ2n) is 1.88. The molecule has 0 unspecified atom stereocenters. The predicted molar refractivity (Wildman–Crippen MR) is 38.0 cm³/mol. The van der Waals surface area contributed by atoms with Crippen molar-refractivity contribution in [2.45, 2.75) is 18.2 Å². The molecule has 0 bridgehead atoms. The summed E-state index contributed by atoms with van der Waals surface area (Å²) in [6.45, 7) is 7.44. The van der Waals surface area contributed by atoms with E-state index < -0.39 is 0 Å². The van der Waals surface area contributed by atoms with Crippen molar-refractivity contribution in [2.24, 2.45) is 0 Å². The first-order valence-corrected chi connectivity index (χ1v) is 3.15. The standard InChI is InChI=1S/C5H8BrCl/c1-4(7)5(2,3)6/h1H2,2-3H3. The molecular weight excluding hydrogens is 175 g/mol. The molecule has 0 rings (SSSR count). The van der Waals surface area contributed by atoms with E-state index in [0.29, 0.717) is 5.03 Å². The molecule has 0 aromatic carbocycles. The summed E-state index contributed by atoms with van der Waals surface area (Å²) in [5.41, 5.74) is 0. The van der Waals surface area contributed by atoms with Gasteiger partial charge in [-0.3, -0.25) is 0 Å². The first-order chi connectivity index (χ1) is 2.94. The highest BCUT2D eigenvalue weighted by molar-refractivity contribution is 9.10. The lowest BCUT2D eigenvalue weighted by Gasteiger charge is -2.11. The molecule has 42 valence electrons. The number of hydrogen-bond donors (Lipinski definition) is 0. The van der Waals surface area contributed by atoms with E-state index in [9.17, 15) is 0 Å². The van der Waals surface area contributed by atoms with Crippen molar-refractivity contribution in [2.75, 3.05) is 0 Å². The number of alkyl halides is 1. The molecule has 0 saturated heterocycles. The van der Waals surface area contributed by atoms with E-state index >= 15 is 0 Å². The van der Waals surface area contributed by atoms with Gasteiger partial charge in [0, 0.05) is 5.03 Å². The van der Waals surface area contributed by atoms with Crippen LogP contribution < -0.4 is 0 Å². The van der Waals surface area contributed by atoms with Gasteiger partial charge in [0.1, 0.15) is 0 Å². The van der Waals surface area contributed by atoms with Gasteiger partial charge in [0.15, 0.2) is 0 Å². The summed E-state index contributed by atoms with van der Waals surface area (Å²) in [5.74, 6) is 0. The third-order valence-electron chi connectivity index (χ3n) is 0.645. The van der Waals surface area contributed by atoms with Gasteiger partial charge in [-0.25, -0.2) is 0 Å². The molecule has 0 aliphatic heterocycles. The lowest BCUT2D eigenvalue weighted by Crippen LogP contribution is -2.06. The number of rotatable bonds is 1. The van der Waals surface area contributed by atoms with Crippen molar-refractivity contribution in [1.82, 2.24) is 0 Å². The maximum atomic E-state index is 5.51. The van der Waals surface area contributed by atoms with Gasteiger partial charge >= 0.3 is 0 Å². The van der Waals surface area contributed by atoms with E-state index in [0.717, 1.165) is 0 Å². The number of allylic oxidation sites excluding steroid dienone is 1. The molecule has 0 heterocycles. The largest absolute Gasteiger partial charge is 0.0883 e. The van der Waals surface area contributed by atoms with Gasteiger partial charge in [0.05, 0.1) is 4.32 Å². The third-order valence-corrected chi connectivity index (χ3v) is 1.82. The summed E-state index contributed by atoms with van der Waals surface area (Å²) in [6, 6.07) is 0. The summed E-state index contributed by atoms with van der Waals surface area (Å²) in [4.78, 5) is 0. The zero-order valence-corrected chi connectivity index (χ0v) is 6.80. The van der Waals surface area contributed by atoms with E-state index in [-0.39, 0.29) is 4.32 Å². The fourth-order valence-corrected chi connectivity index (χ4v) is 0. The first kappa shape index (κ1) is 7.51. The van der Waals surface area contributed by atoms with Gasteiger partial charge in [-0.05, 0) is 13.8 Å². The van der Waals surface area contributed by atoms with Crippen LogP contribution in [0.2, 0.25) is 0 Å². The van der Waals surface area contributed by atoms with Crippen molar-refractivity contribution in [3.8, 4) is 0 Å². The Morgan fingerprint density at radius 3 is 1.86 bits per heavy atom. The second kappa shape index (κ2) is 2.19. The van der Waals surface area contributed by atoms with Gasteiger partial charge in [-0.1, -0.05) is 34.1 Å². The Balaban J connectivity index is 3.79. The quantitative estimate of drug-likeness (QED) is 0.549. The molecule has 0 aromatic heterocycles. The van der Waals surface area contributed by atoms with Gasteiger partial charge in [0.2, 0.25) is 0 Å². The average Bonchev–Trinajstić information content (AvgIpc) is 1.31. The molecule has 0 N–H and O–H groups in total. The van der Waals surface area contributed by atoms with Crippen LogP contribution in [0.25, 0.3) is 0 Å². The van der Waals surface area contributed by atoms with Gasteiger partial charge < -0.3 is 0 Å². The monoisotopic (exact) mass is 182 g/mol. The van der Waals surface area contributed by atoms with Crippen molar-refractivity contribution in [3.05, 3.63) is 11.6 Å². The van der Waals surface area contributed by atoms with Crippen LogP contribution in [0.3, 0.4) is 0 Å². The van der Waals surface area contributed by atoms with Crippen molar-refractivity contribution in [3.63, 3.8) is 0 Å². The fourth-order valence-electron chi connectivity index (χ4n) is 0.